The second-order valence-electron chi connectivity index (χ2n) is 19.6. The lowest BCUT2D eigenvalue weighted by atomic mass is 9.92. The number of allylic oxidation sites excluding steroid dienone is 4. The molecule has 0 saturated heterocycles. The molecule has 0 aromatic heterocycles. The molecule has 3 unspecified atom stereocenters. The minimum absolute atomic E-state index is 0.0489. The summed E-state index contributed by atoms with van der Waals surface area (Å²) < 4.78 is 24.6. The van der Waals surface area contributed by atoms with Crippen LogP contribution in [0.15, 0.2) is 72.8 Å². The van der Waals surface area contributed by atoms with Gasteiger partial charge < -0.3 is 29.2 Å². The van der Waals surface area contributed by atoms with Crippen LogP contribution in [0.1, 0.15) is 207 Å². The van der Waals surface area contributed by atoms with E-state index in [0.29, 0.717) is 13.0 Å². The largest absolute Gasteiger partial charge is 0.491 e. The predicted molar refractivity (Wildman–Crippen MR) is 268 cm³/mol. The maximum Gasteiger partial charge on any atom is 0.119 e. The summed E-state index contributed by atoms with van der Waals surface area (Å²) in [4.78, 5) is 0. The Labute approximate surface area is 388 Å². The second kappa shape index (κ2) is 35.6. The first-order valence-electron chi connectivity index (χ1n) is 25.8. The number of rotatable bonds is 41. The molecule has 3 atom stereocenters. The van der Waals surface area contributed by atoms with Crippen LogP contribution in [0.5, 0.6) is 11.5 Å². The summed E-state index contributed by atoms with van der Waals surface area (Å²) in [5, 5.41) is 21.7. The summed E-state index contributed by atoms with van der Waals surface area (Å²) in [5.41, 5.74) is 1.50. The Hall–Kier alpha value is -2.64. The van der Waals surface area contributed by atoms with Crippen LogP contribution in [0.2, 0.25) is 0 Å². The van der Waals surface area contributed by atoms with Gasteiger partial charge in [-0.15, -0.1) is 0 Å². The summed E-state index contributed by atoms with van der Waals surface area (Å²) in [6, 6.07) is 16.6. The van der Waals surface area contributed by atoms with E-state index in [9.17, 15) is 10.2 Å². The Morgan fingerprint density at radius 2 is 0.905 bits per heavy atom. The van der Waals surface area contributed by atoms with Gasteiger partial charge in [-0.05, 0) is 127 Å². The van der Waals surface area contributed by atoms with E-state index in [0.717, 1.165) is 24.3 Å². The number of aliphatic hydroxyl groups excluding tert-OH is 2. The Morgan fingerprint density at radius 1 is 0.492 bits per heavy atom. The van der Waals surface area contributed by atoms with Crippen molar-refractivity contribution in [2.45, 2.75) is 232 Å². The third kappa shape index (κ3) is 30.2. The number of benzene rings is 2. The van der Waals surface area contributed by atoms with E-state index in [4.69, 9.17) is 18.9 Å². The Kier molecular flexibility index (Phi) is 31.9. The minimum Gasteiger partial charge on any atom is -0.491 e. The van der Waals surface area contributed by atoms with Crippen molar-refractivity contribution in [2.75, 3.05) is 26.4 Å². The highest BCUT2D eigenvalue weighted by atomic mass is 16.5. The van der Waals surface area contributed by atoms with Crippen LogP contribution in [0.3, 0.4) is 0 Å². The van der Waals surface area contributed by atoms with Crippen LogP contribution >= 0.6 is 0 Å². The van der Waals surface area contributed by atoms with E-state index in [2.05, 4.69) is 75.4 Å². The SMILES string of the molecule is CCCCC=CCCCCCCCCCc1cccc(OCC(O)COC(C)(C)C(C)COC(C)(C)CC(O)COc2cccc(CCCCCCCCCC=CCCCC)c2)c1. The van der Waals surface area contributed by atoms with Crippen LogP contribution in [0.4, 0.5) is 0 Å². The van der Waals surface area contributed by atoms with Crippen LogP contribution in [0.25, 0.3) is 0 Å². The lowest BCUT2D eigenvalue weighted by molar-refractivity contribution is -0.130. The maximum atomic E-state index is 10.9. The molecule has 0 bridgehead atoms. The molecule has 6 heteroatoms. The normalized spacial score (nSPS) is 13.9. The van der Waals surface area contributed by atoms with Crippen LogP contribution in [0, 0.1) is 5.92 Å². The third-order valence-corrected chi connectivity index (χ3v) is 12.4. The van der Waals surface area contributed by atoms with Crippen molar-refractivity contribution < 1.29 is 29.2 Å². The fourth-order valence-electron chi connectivity index (χ4n) is 7.77. The van der Waals surface area contributed by atoms with Crippen molar-refractivity contribution in [1.29, 1.82) is 0 Å². The molecule has 0 spiro atoms. The molecule has 63 heavy (non-hydrogen) atoms. The first kappa shape index (κ1) is 56.5. The van der Waals surface area contributed by atoms with Crippen molar-refractivity contribution in [2.24, 2.45) is 5.92 Å². The maximum absolute atomic E-state index is 10.9. The van der Waals surface area contributed by atoms with Gasteiger partial charge in [0.2, 0.25) is 0 Å². The van der Waals surface area contributed by atoms with E-state index < -0.39 is 23.4 Å². The van der Waals surface area contributed by atoms with Crippen molar-refractivity contribution in [3.05, 3.63) is 84.0 Å². The summed E-state index contributed by atoms with van der Waals surface area (Å²) in [6.45, 7) is 15.7. The highest BCUT2D eigenvalue weighted by Gasteiger charge is 2.31. The van der Waals surface area contributed by atoms with Crippen LogP contribution in [-0.4, -0.2) is 60.1 Å². The van der Waals surface area contributed by atoms with E-state index in [1.807, 2.05) is 45.9 Å². The molecule has 0 radical (unpaired) electrons. The zero-order chi connectivity index (χ0) is 45.9. The molecule has 0 saturated carbocycles. The average molecular weight is 877 g/mol. The monoisotopic (exact) mass is 877 g/mol. The van der Waals surface area contributed by atoms with E-state index in [1.165, 1.54) is 152 Å². The molecule has 0 aliphatic rings. The zero-order valence-corrected chi connectivity index (χ0v) is 41.7. The fraction of sp³-hybridized carbons (Fsp3) is 0.719. The van der Waals surface area contributed by atoms with Gasteiger partial charge in [-0.2, -0.15) is 0 Å². The number of hydrogen-bond acceptors (Lipinski definition) is 6. The zero-order valence-electron chi connectivity index (χ0n) is 41.7. The van der Waals surface area contributed by atoms with Gasteiger partial charge >= 0.3 is 0 Å². The first-order chi connectivity index (χ1) is 30.4. The van der Waals surface area contributed by atoms with Gasteiger partial charge in [0.15, 0.2) is 0 Å². The summed E-state index contributed by atoms with van der Waals surface area (Å²) in [7, 11) is 0. The third-order valence-electron chi connectivity index (χ3n) is 12.4. The van der Waals surface area contributed by atoms with Gasteiger partial charge in [-0.3, -0.25) is 0 Å². The van der Waals surface area contributed by atoms with E-state index >= 15 is 0 Å². The molecule has 0 heterocycles. The smallest absolute Gasteiger partial charge is 0.119 e. The molecule has 2 N–H and O–H groups in total. The quantitative estimate of drug-likeness (QED) is 0.0512. The Bertz CT molecular complexity index is 1430. The first-order valence-corrected chi connectivity index (χ1v) is 25.8. The molecule has 360 valence electrons. The van der Waals surface area contributed by atoms with Crippen LogP contribution in [-0.2, 0) is 22.3 Å². The van der Waals surface area contributed by atoms with Gasteiger partial charge in [0.1, 0.15) is 30.8 Å². The Balaban J connectivity index is 1.58. The standard InChI is InChI=1S/C57H96O6/c1-8-10-12-14-16-18-20-22-24-26-28-30-32-36-50-38-34-40-54(42-50)60-46-52(58)44-56(4,5)62-45-49(3)57(6,7)63-48-53(59)47-61-55-41-35-39-51(43-55)37-33-31-29-27-25-23-21-19-17-15-13-11-9-2/h14-17,34-35,38-43,49,52-53,58-59H,8-13,18-33,36-37,44-48H2,1-7H3. The molecule has 0 aliphatic carbocycles. The number of hydrogen-bond donors (Lipinski definition) is 2. The number of aliphatic hydroxyl groups is 2. The Morgan fingerprint density at radius 3 is 1.37 bits per heavy atom. The molecule has 0 amide bonds. The average Bonchev–Trinajstić information content (AvgIpc) is 3.26. The summed E-state index contributed by atoms with van der Waals surface area (Å²) in [6.07, 6.45) is 38.9. The van der Waals surface area contributed by atoms with Crippen molar-refractivity contribution in [3.8, 4) is 11.5 Å². The van der Waals surface area contributed by atoms with Gasteiger partial charge in [0, 0.05) is 12.3 Å². The lowest BCUT2D eigenvalue weighted by Crippen LogP contribution is -2.41. The highest BCUT2D eigenvalue weighted by molar-refractivity contribution is 5.29. The number of ether oxygens (including phenoxy) is 4. The minimum atomic E-state index is -0.747. The van der Waals surface area contributed by atoms with Gasteiger partial charge in [0.05, 0.1) is 30.5 Å². The van der Waals surface area contributed by atoms with Crippen molar-refractivity contribution in [1.82, 2.24) is 0 Å². The van der Waals surface area contributed by atoms with Crippen molar-refractivity contribution in [3.63, 3.8) is 0 Å². The molecule has 0 fully saturated rings. The fourth-order valence-corrected chi connectivity index (χ4v) is 7.77. The number of unbranched alkanes of at least 4 members (excludes halogenated alkanes) is 18. The molecule has 2 rings (SSSR count). The summed E-state index contributed by atoms with van der Waals surface area (Å²) in [5.74, 6) is 1.65. The lowest BCUT2D eigenvalue weighted by Gasteiger charge is -2.36. The predicted octanol–water partition coefficient (Wildman–Crippen LogP) is 15.3. The molecule has 2 aromatic carbocycles. The van der Waals surface area contributed by atoms with E-state index in [-0.39, 0.29) is 25.7 Å². The number of aryl methyl sites for hydroxylation is 2. The molecular weight excluding hydrogens is 781 g/mol. The topological polar surface area (TPSA) is 77.4 Å². The molecule has 2 aromatic rings. The molecule has 0 aliphatic heterocycles. The second-order valence-corrected chi connectivity index (χ2v) is 19.6. The highest BCUT2D eigenvalue weighted by Crippen LogP contribution is 2.27. The molecular formula is C57H96O6. The van der Waals surface area contributed by atoms with Crippen molar-refractivity contribution >= 4 is 0 Å². The van der Waals surface area contributed by atoms with Gasteiger partial charge in [-0.25, -0.2) is 0 Å². The molecule has 6 nitrogen and oxygen atoms in total. The summed E-state index contributed by atoms with van der Waals surface area (Å²) >= 11 is 0. The van der Waals surface area contributed by atoms with Crippen LogP contribution < -0.4 is 9.47 Å². The van der Waals surface area contributed by atoms with Gasteiger partial charge in [0.25, 0.3) is 0 Å². The van der Waals surface area contributed by atoms with Gasteiger partial charge in [-0.1, -0.05) is 159 Å². The van der Waals surface area contributed by atoms with E-state index in [1.54, 1.807) is 0 Å².